The second kappa shape index (κ2) is 7.53. The Morgan fingerprint density at radius 2 is 1.52 bits per heavy atom. The van der Waals surface area contributed by atoms with Crippen LogP contribution in [0.5, 0.6) is 11.5 Å². The van der Waals surface area contributed by atoms with Gasteiger partial charge >= 0.3 is 0 Å². The van der Waals surface area contributed by atoms with Crippen LogP contribution < -0.4 is 9.47 Å². The van der Waals surface area contributed by atoms with Gasteiger partial charge in [0.2, 0.25) is 0 Å². The monoisotopic (exact) mass is 342 g/mol. The number of ether oxygens (including phenoxy) is 2. The molecule has 3 rings (SSSR count). The first kappa shape index (κ1) is 17.2. The van der Waals surface area contributed by atoms with Crippen LogP contribution in [0.1, 0.15) is 16.7 Å². The number of nitro groups is 1. The van der Waals surface area contributed by atoms with Gasteiger partial charge in [-0.2, -0.15) is 0 Å². The molecule has 6 nitrogen and oxygen atoms in total. The molecule has 0 radical (unpaired) electrons. The fourth-order valence-corrected chi connectivity index (χ4v) is 3.24. The van der Waals surface area contributed by atoms with Crippen molar-refractivity contribution < 1.29 is 14.4 Å². The lowest BCUT2D eigenvalue weighted by atomic mass is 10.0. The molecule has 2 aromatic carbocycles. The molecule has 2 aromatic rings. The van der Waals surface area contributed by atoms with Crippen LogP contribution in [0.15, 0.2) is 36.4 Å². The Kier molecular flexibility index (Phi) is 5.19. The lowest BCUT2D eigenvalue weighted by molar-refractivity contribution is -0.384. The van der Waals surface area contributed by atoms with Crippen LogP contribution in [-0.2, 0) is 19.4 Å². The molecule has 0 aromatic heterocycles. The van der Waals surface area contributed by atoms with Gasteiger partial charge in [0.1, 0.15) is 0 Å². The van der Waals surface area contributed by atoms with Gasteiger partial charge in [0.05, 0.1) is 19.1 Å². The van der Waals surface area contributed by atoms with E-state index in [1.54, 1.807) is 26.4 Å². The van der Waals surface area contributed by atoms with Crippen LogP contribution in [-0.4, -0.2) is 37.1 Å². The van der Waals surface area contributed by atoms with Crippen molar-refractivity contribution in [2.75, 3.05) is 27.3 Å². The van der Waals surface area contributed by atoms with E-state index in [2.05, 4.69) is 17.0 Å². The number of methoxy groups -OCH3 is 2. The normalized spacial score (nSPS) is 14.5. The molecule has 6 heteroatoms. The molecule has 0 atom stereocenters. The van der Waals surface area contributed by atoms with Crippen LogP contribution in [0.2, 0.25) is 0 Å². The Bertz CT molecular complexity index is 724. The van der Waals surface area contributed by atoms with E-state index in [1.807, 2.05) is 12.1 Å². The highest BCUT2D eigenvalue weighted by molar-refractivity contribution is 5.48. The van der Waals surface area contributed by atoms with Crippen LogP contribution in [0, 0.1) is 10.1 Å². The molecule has 1 aliphatic heterocycles. The van der Waals surface area contributed by atoms with Crippen molar-refractivity contribution in [2.45, 2.75) is 19.4 Å². The Hall–Kier alpha value is -2.60. The molecule has 0 N–H and O–H groups in total. The van der Waals surface area contributed by atoms with Gasteiger partial charge in [-0.05, 0) is 41.7 Å². The second-order valence-electron chi connectivity index (χ2n) is 6.18. The van der Waals surface area contributed by atoms with Crippen LogP contribution in [0.4, 0.5) is 5.69 Å². The number of rotatable bonds is 5. The average molecular weight is 342 g/mol. The van der Waals surface area contributed by atoms with E-state index in [9.17, 15) is 10.1 Å². The summed E-state index contributed by atoms with van der Waals surface area (Å²) in [5.41, 5.74) is 3.81. The standard InChI is InChI=1S/C19H22N2O4/c1-24-18-11-15-7-9-20(10-8-16(15)12-19(18)25-2)13-14-3-5-17(6-4-14)21(22)23/h3-6,11-12H,7-10,13H2,1-2H3. The fraction of sp³-hybridized carbons (Fsp3) is 0.368. The maximum atomic E-state index is 10.8. The quantitative estimate of drug-likeness (QED) is 0.617. The van der Waals surface area contributed by atoms with E-state index in [1.165, 1.54) is 11.1 Å². The maximum absolute atomic E-state index is 10.8. The van der Waals surface area contributed by atoms with E-state index in [0.717, 1.165) is 49.5 Å². The highest BCUT2D eigenvalue weighted by atomic mass is 16.6. The Labute approximate surface area is 147 Å². The van der Waals surface area contributed by atoms with Crippen molar-refractivity contribution in [1.29, 1.82) is 0 Å². The molecule has 0 unspecified atom stereocenters. The summed E-state index contributed by atoms with van der Waals surface area (Å²) in [6.07, 6.45) is 1.89. The maximum Gasteiger partial charge on any atom is 0.269 e. The molecule has 0 fully saturated rings. The summed E-state index contributed by atoms with van der Waals surface area (Å²) >= 11 is 0. The van der Waals surface area contributed by atoms with Crippen molar-refractivity contribution >= 4 is 5.69 Å². The third kappa shape index (κ3) is 3.91. The summed E-state index contributed by atoms with van der Waals surface area (Å²) in [6, 6.07) is 11.0. The number of benzene rings is 2. The van der Waals surface area contributed by atoms with Gasteiger partial charge in [0.15, 0.2) is 11.5 Å². The third-order valence-corrected chi connectivity index (χ3v) is 4.65. The minimum Gasteiger partial charge on any atom is -0.493 e. The van der Waals surface area contributed by atoms with Crippen LogP contribution in [0.3, 0.4) is 0 Å². The highest BCUT2D eigenvalue weighted by Gasteiger charge is 2.17. The van der Waals surface area contributed by atoms with Crippen LogP contribution >= 0.6 is 0 Å². The number of nitro benzene ring substituents is 1. The van der Waals surface area contributed by atoms with E-state index in [4.69, 9.17) is 9.47 Å². The molecule has 0 saturated carbocycles. The largest absolute Gasteiger partial charge is 0.493 e. The summed E-state index contributed by atoms with van der Waals surface area (Å²) in [5.74, 6) is 1.54. The molecular weight excluding hydrogens is 320 g/mol. The third-order valence-electron chi connectivity index (χ3n) is 4.65. The topological polar surface area (TPSA) is 64.8 Å². The van der Waals surface area contributed by atoms with Crippen molar-refractivity contribution in [3.63, 3.8) is 0 Å². The fourth-order valence-electron chi connectivity index (χ4n) is 3.24. The molecule has 132 valence electrons. The molecule has 1 aliphatic rings. The van der Waals surface area contributed by atoms with Crippen LogP contribution in [0.25, 0.3) is 0 Å². The van der Waals surface area contributed by atoms with Gasteiger partial charge in [-0.1, -0.05) is 12.1 Å². The zero-order valence-electron chi connectivity index (χ0n) is 14.5. The highest BCUT2D eigenvalue weighted by Crippen LogP contribution is 2.32. The van der Waals surface area contributed by atoms with Gasteiger partial charge in [0.25, 0.3) is 5.69 Å². The smallest absolute Gasteiger partial charge is 0.269 e. The number of hydrogen-bond acceptors (Lipinski definition) is 5. The predicted octanol–water partition coefficient (Wildman–Crippen LogP) is 3.21. The van der Waals surface area contributed by atoms with Crippen molar-refractivity contribution in [3.05, 3.63) is 63.2 Å². The van der Waals surface area contributed by atoms with E-state index in [-0.39, 0.29) is 10.6 Å². The van der Waals surface area contributed by atoms with Crippen molar-refractivity contribution in [1.82, 2.24) is 4.90 Å². The van der Waals surface area contributed by atoms with Gasteiger partial charge < -0.3 is 9.47 Å². The van der Waals surface area contributed by atoms with Gasteiger partial charge in [-0.25, -0.2) is 0 Å². The zero-order chi connectivity index (χ0) is 17.8. The lowest BCUT2D eigenvalue weighted by Crippen LogP contribution is -2.25. The Morgan fingerprint density at radius 1 is 1.00 bits per heavy atom. The summed E-state index contributed by atoms with van der Waals surface area (Å²) < 4.78 is 10.8. The van der Waals surface area contributed by atoms with E-state index >= 15 is 0 Å². The number of non-ortho nitro benzene ring substituents is 1. The molecule has 0 saturated heterocycles. The SMILES string of the molecule is COc1cc2c(cc1OC)CCN(Cc1ccc([N+](=O)[O-])cc1)CC2. The number of nitrogens with zero attached hydrogens (tertiary/aromatic N) is 2. The Morgan fingerprint density at radius 3 is 1.96 bits per heavy atom. The first-order valence-electron chi connectivity index (χ1n) is 8.30. The van der Waals surface area contributed by atoms with Gasteiger partial charge in [0, 0.05) is 31.8 Å². The summed E-state index contributed by atoms with van der Waals surface area (Å²) in [5, 5.41) is 10.8. The minimum atomic E-state index is -0.368. The van der Waals surface area contributed by atoms with Crippen molar-refractivity contribution in [2.24, 2.45) is 0 Å². The van der Waals surface area contributed by atoms with Gasteiger partial charge in [-0.15, -0.1) is 0 Å². The lowest BCUT2D eigenvalue weighted by Gasteiger charge is -2.19. The first-order valence-corrected chi connectivity index (χ1v) is 8.30. The number of fused-ring (bicyclic) bond motifs is 1. The molecule has 0 aliphatic carbocycles. The minimum absolute atomic E-state index is 0.131. The molecule has 0 bridgehead atoms. The predicted molar refractivity (Wildman–Crippen MR) is 95.3 cm³/mol. The van der Waals surface area contributed by atoms with Gasteiger partial charge in [-0.3, -0.25) is 15.0 Å². The summed E-state index contributed by atoms with van der Waals surface area (Å²) in [7, 11) is 3.31. The average Bonchev–Trinajstić information content (AvgIpc) is 2.83. The van der Waals surface area contributed by atoms with E-state index in [0.29, 0.717) is 0 Å². The zero-order valence-corrected chi connectivity index (χ0v) is 14.5. The molecular formula is C19H22N2O4. The molecule has 0 spiro atoms. The molecule has 1 heterocycles. The molecule has 0 amide bonds. The first-order chi connectivity index (χ1) is 12.1. The molecule has 25 heavy (non-hydrogen) atoms. The van der Waals surface area contributed by atoms with Crippen molar-refractivity contribution in [3.8, 4) is 11.5 Å². The summed E-state index contributed by atoms with van der Waals surface area (Å²) in [4.78, 5) is 12.8. The summed E-state index contributed by atoms with van der Waals surface area (Å²) in [6.45, 7) is 2.68. The number of hydrogen-bond donors (Lipinski definition) is 0. The van der Waals surface area contributed by atoms with E-state index < -0.39 is 0 Å². The Balaban J connectivity index is 1.70. The second-order valence-corrected chi connectivity index (χ2v) is 6.18.